The number of carbonyl (C=O) groups excluding carboxylic acids is 3. The summed E-state index contributed by atoms with van der Waals surface area (Å²) in [5, 5.41) is 12.1. The van der Waals surface area contributed by atoms with Crippen molar-refractivity contribution in [2.45, 2.75) is 51.0 Å². The third-order valence-electron chi connectivity index (χ3n) is 4.91. The lowest BCUT2D eigenvalue weighted by Gasteiger charge is -2.23. The molecule has 1 fully saturated rings. The maximum atomic E-state index is 12.7. The van der Waals surface area contributed by atoms with Crippen LogP contribution in [0.25, 0.3) is 0 Å². The van der Waals surface area contributed by atoms with Crippen molar-refractivity contribution < 1.29 is 27.6 Å². The van der Waals surface area contributed by atoms with Crippen molar-refractivity contribution in [2.24, 2.45) is 0 Å². The number of halogens is 4. The molecule has 8 nitrogen and oxygen atoms in total. The highest BCUT2D eigenvalue weighted by Gasteiger charge is 2.37. The van der Waals surface area contributed by atoms with E-state index >= 15 is 0 Å². The number of piperidine rings is 1. The second-order valence-electron chi connectivity index (χ2n) is 7.53. The molecular weight excluding hydrogens is 457 g/mol. The molecule has 1 aromatic carbocycles. The zero-order chi connectivity index (χ0) is 22.9. The highest BCUT2D eigenvalue weighted by molar-refractivity contribution is 6.36. The first-order valence-corrected chi connectivity index (χ1v) is 9.98. The van der Waals surface area contributed by atoms with Crippen molar-refractivity contribution in [3.63, 3.8) is 0 Å². The van der Waals surface area contributed by atoms with Crippen LogP contribution in [-0.4, -0.2) is 27.9 Å². The number of alkyl halides is 2. The monoisotopic (exact) mass is 474 g/mol. The Kier molecular flexibility index (Phi) is 6.61. The number of hydrogen-bond acceptors (Lipinski definition) is 6. The van der Waals surface area contributed by atoms with E-state index in [1.54, 1.807) is 12.1 Å². The van der Waals surface area contributed by atoms with Gasteiger partial charge in [0.25, 0.3) is 5.89 Å². The second-order valence-corrected chi connectivity index (χ2v) is 8.35. The molecule has 2 N–H and O–H groups in total. The Hall–Kier alpha value is -2.59. The number of benzene rings is 1. The van der Waals surface area contributed by atoms with Crippen LogP contribution in [0.15, 0.2) is 16.5 Å². The van der Waals surface area contributed by atoms with Gasteiger partial charge in [-0.05, 0) is 38.0 Å². The summed E-state index contributed by atoms with van der Waals surface area (Å²) in [6, 6.07) is 3.11. The molecule has 1 aliphatic heterocycles. The van der Waals surface area contributed by atoms with Gasteiger partial charge in [-0.2, -0.15) is 8.78 Å². The number of carbonyl (C=O) groups is 3. The molecule has 166 valence electrons. The number of rotatable bonds is 6. The van der Waals surface area contributed by atoms with Crippen molar-refractivity contribution in [1.29, 1.82) is 0 Å². The predicted molar refractivity (Wildman–Crippen MR) is 106 cm³/mol. The van der Waals surface area contributed by atoms with Gasteiger partial charge in [0.05, 0.1) is 5.92 Å². The molecule has 1 saturated heterocycles. The second kappa shape index (κ2) is 8.88. The number of aromatic nitrogens is 2. The van der Waals surface area contributed by atoms with Crippen LogP contribution in [0.5, 0.6) is 0 Å². The Labute approximate surface area is 185 Å². The zero-order valence-corrected chi connectivity index (χ0v) is 18.0. The van der Waals surface area contributed by atoms with E-state index in [0.717, 1.165) is 0 Å². The normalized spacial score (nSPS) is 17.1. The maximum absolute atomic E-state index is 12.7. The first-order valence-electron chi connectivity index (χ1n) is 9.22. The van der Waals surface area contributed by atoms with Gasteiger partial charge in [-0.25, -0.2) is 0 Å². The minimum Gasteiger partial charge on any atom is -0.419 e. The molecule has 1 unspecified atom stereocenters. The number of nitrogens with one attached hydrogen (secondary N) is 2. The quantitative estimate of drug-likeness (QED) is 0.619. The first-order chi connectivity index (χ1) is 14.5. The lowest BCUT2D eigenvalue weighted by molar-refractivity contribution is -0.134. The summed E-state index contributed by atoms with van der Waals surface area (Å²) in [5.74, 6) is -3.12. The van der Waals surface area contributed by atoms with Crippen LogP contribution in [0, 0.1) is 0 Å². The molecule has 2 heterocycles. The molecule has 31 heavy (non-hydrogen) atoms. The molecule has 0 bridgehead atoms. The molecule has 1 aliphatic rings. The van der Waals surface area contributed by atoms with Crippen molar-refractivity contribution >= 4 is 40.9 Å². The molecular formula is C19H18Cl2F2N4O4. The number of hydrogen-bond donors (Lipinski definition) is 2. The van der Waals surface area contributed by atoms with E-state index in [-0.39, 0.29) is 34.8 Å². The lowest BCUT2D eigenvalue weighted by atomic mass is 9.89. The van der Waals surface area contributed by atoms with Crippen LogP contribution in [0.4, 0.5) is 8.78 Å². The van der Waals surface area contributed by atoms with E-state index in [1.807, 2.05) is 0 Å². The molecule has 0 spiro atoms. The van der Waals surface area contributed by atoms with Crippen LogP contribution in [0.1, 0.15) is 61.9 Å². The van der Waals surface area contributed by atoms with Crippen LogP contribution in [0.2, 0.25) is 10.0 Å². The van der Waals surface area contributed by atoms with Gasteiger partial charge in [-0.15, -0.1) is 10.2 Å². The van der Waals surface area contributed by atoms with Crippen LogP contribution in [-0.2, 0) is 26.3 Å². The number of nitrogens with zero attached hydrogens (tertiary/aromatic N) is 2. The summed E-state index contributed by atoms with van der Waals surface area (Å²) in [4.78, 5) is 36.1. The minimum absolute atomic E-state index is 0.0210. The topological polar surface area (TPSA) is 114 Å². The van der Waals surface area contributed by atoms with Gasteiger partial charge in [0.2, 0.25) is 23.6 Å². The fourth-order valence-electron chi connectivity index (χ4n) is 3.12. The average Bonchev–Trinajstić information content (AvgIpc) is 3.18. The van der Waals surface area contributed by atoms with Crippen molar-refractivity contribution in [1.82, 2.24) is 20.8 Å². The number of amides is 3. The highest BCUT2D eigenvalue weighted by Crippen LogP contribution is 2.37. The predicted octanol–water partition coefficient (Wildman–Crippen LogP) is 3.43. The van der Waals surface area contributed by atoms with Gasteiger partial charge in [0.1, 0.15) is 5.41 Å². The Balaban J connectivity index is 1.72. The summed E-state index contributed by atoms with van der Waals surface area (Å²) in [6.07, 6.45) is -2.47. The van der Waals surface area contributed by atoms with Gasteiger partial charge >= 0.3 is 6.43 Å². The van der Waals surface area contributed by atoms with Crippen LogP contribution < -0.4 is 10.6 Å². The van der Waals surface area contributed by atoms with E-state index in [2.05, 4.69) is 20.8 Å². The molecule has 1 atom stereocenters. The summed E-state index contributed by atoms with van der Waals surface area (Å²) in [5.41, 5.74) is -0.399. The van der Waals surface area contributed by atoms with Crippen molar-refractivity contribution in [3.05, 3.63) is 45.1 Å². The summed E-state index contributed by atoms with van der Waals surface area (Å²) in [7, 11) is 0. The van der Waals surface area contributed by atoms with Gasteiger partial charge in [0.15, 0.2) is 0 Å². The molecule has 2 aromatic rings. The van der Waals surface area contributed by atoms with Crippen molar-refractivity contribution in [3.8, 4) is 0 Å². The molecule has 1 aromatic heterocycles. The zero-order valence-electron chi connectivity index (χ0n) is 16.5. The van der Waals surface area contributed by atoms with E-state index in [9.17, 15) is 23.2 Å². The number of imide groups is 1. The van der Waals surface area contributed by atoms with Gasteiger partial charge in [-0.1, -0.05) is 23.2 Å². The summed E-state index contributed by atoms with van der Waals surface area (Å²) in [6.45, 7) is 2.93. The maximum Gasteiger partial charge on any atom is 0.314 e. The van der Waals surface area contributed by atoms with E-state index in [0.29, 0.717) is 17.5 Å². The Morgan fingerprint density at radius 3 is 2.48 bits per heavy atom. The van der Waals surface area contributed by atoms with Gasteiger partial charge in [0, 0.05) is 28.6 Å². The fourth-order valence-corrected chi connectivity index (χ4v) is 3.91. The smallest absolute Gasteiger partial charge is 0.314 e. The third-order valence-corrected chi connectivity index (χ3v) is 5.53. The van der Waals surface area contributed by atoms with E-state index in [1.165, 1.54) is 13.8 Å². The Morgan fingerprint density at radius 2 is 1.94 bits per heavy atom. The average molecular weight is 475 g/mol. The van der Waals surface area contributed by atoms with E-state index < -0.39 is 35.5 Å². The van der Waals surface area contributed by atoms with Crippen molar-refractivity contribution in [2.75, 3.05) is 0 Å². The minimum atomic E-state index is -2.94. The highest BCUT2D eigenvalue weighted by atomic mass is 35.5. The van der Waals surface area contributed by atoms with Gasteiger partial charge in [-0.3, -0.25) is 19.7 Å². The Morgan fingerprint density at radius 1 is 1.29 bits per heavy atom. The third kappa shape index (κ3) is 4.85. The van der Waals surface area contributed by atoms with Crippen LogP contribution in [0.3, 0.4) is 0 Å². The standard InChI is InChI=1S/C19H18Cl2F2N4O4/c1-19(2,18-27-26-16(31-18)14(22)23)17(30)24-7-8-5-10(20)13(11(21)6-8)9-3-4-12(28)25-15(9)29/h5-6,9,14H,3-4,7H2,1-2H3,(H,24,30)(H,25,28,29). The molecule has 0 radical (unpaired) electrons. The molecule has 3 rings (SSSR count). The van der Waals surface area contributed by atoms with E-state index in [4.69, 9.17) is 27.6 Å². The SMILES string of the molecule is CC(C)(C(=O)NCc1cc(Cl)c(C2CCC(=O)NC2=O)c(Cl)c1)c1nnc(C(F)F)o1. The summed E-state index contributed by atoms with van der Waals surface area (Å²) < 4.78 is 30.2. The largest absolute Gasteiger partial charge is 0.419 e. The summed E-state index contributed by atoms with van der Waals surface area (Å²) >= 11 is 12.7. The lowest BCUT2D eigenvalue weighted by Crippen LogP contribution is -2.40. The van der Waals surface area contributed by atoms with Gasteiger partial charge < -0.3 is 9.73 Å². The molecule has 12 heteroatoms. The molecule has 3 amide bonds. The van der Waals surface area contributed by atoms with Crippen LogP contribution >= 0.6 is 23.2 Å². The first kappa shape index (κ1) is 23.1. The molecule has 0 saturated carbocycles. The Bertz CT molecular complexity index is 1020. The molecule has 0 aliphatic carbocycles. The fraction of sp³-hybridized carbons (Fsp3) is 0.421.